The second kappa shape index (κ2) is 10.2. The Morgan fingerprint density at radius 2 is 1.65 bits per heavy atom. The number of likely N-dealkylation sites (N-methyl/N-ethyl adjacent to an activating group) is 1. The number of nitrogens with zero attached hydrogens (tertiary/aromatic N) is 2. The van der Waals surface area contributed by atoms with Crippen molar-refractivity contribution in [3.63, 3.8) is 0 Å². The van der Waals surface area contributed by atoms with Crippen molar-refractivity contribution in [3.05, 3.63) is 23.8 Å². The van der Waals surface area contributed by atoms with Crippen molar-refractivity contribution in [2.24, 2.45) is 11.3 Å². The van der Waals surface area contributed by atoms with E-state index >= 15 is 0 Å². The molecular formula is C27H42N2O4S. The highest BCUT2D eigenvalue weighted by atomic mass is 32.2. The number of carbonyl (C=O) groups is 1. The van der Waals surface area contributed by atoms with Crippen LogP contribution in [0.3, 0.4) is 0 Å². The van der Waals surface area contributed by atoms with Crippen LogP contribution in [-0.2, 0) is 21.2 Å². The zero-order valence-electron chi connectivity index (χ0n) is 21.1. The lowest BCUT2D eigenvalue weighted by atomic mass is 9.83. The third-order valence-electron chi connectivity index (χ3n) is 8.67. The monoisotopic (exact) mass is 490 g/mol. The normalized spacial score (nSPS) is 25.0. The topological polar surface area (TPSA) is 77.9 Å². The van der Waals surface area contributed by atoms with E-state index in [1.54, 1.807) is 25.2 Å². The van der Waals surface area contributed by atoms with Crippen LogP contribution in [0.1, 0.15) is 90.0 Å². The lowest BCUT2D eigenvalue weighted by Gasteiger charge is -2.40. The van der Waals surface area contributed by atoms with Crippen LogP contribution in [0.2, 0.25) is 0 Å². The predicted octanol–water partition coefficient (Wildman–Crippen LogP) is 5.45. The summed E-state index contributed by atoms with van der Waals surface area (Å²) in [5.41, 5.74) is 0.894. The number of benzene rings is 1. The Balaban J connectivity index is 1.72. The molecule has 6 nitrogen and oxygen atoms in total. The highest BCUT2D eigenvalue weighted by Crippen LogP contribution is 2.41. The number of aryl methyl sites for hydroxylation is 1. The van der Waals surface area contributed by atoms with Gasteiger partial charge in [0.25, 0.3) is 0 Å². The molecule has 0 aromatic heterocycles. The predicted molar refractivity (Wildman–Crippen MR) is 136 cm³/mol. The van der Waals surface area contributed by atoms with Gasteiger partial charge in [-0.3, -0.25) is 4.79 Å². The van der Waals surface area contributed by atoms with Gasteiger partial charge in [-0.05, 0) is 76.0 Å². The zero-order valence-corrected chi connectivity index (χ0v) is 21.9. The molecule has 1 aliphatic heterocycles. The highest BCUT2D eigenvalue weighted by molar-refractivity contribution is 7.89. The molecule has 2 fully saturated rings. The summed E-state index contributed by atoms with van der Waals surface area (Å²) in [6.07, 6.45) is 12.8. The minimum atomic E-state index is -3.64. The van der Waals surface area contributed by atoms with E-state index < -0.39 is 21.4 Å². The maximum Gasteiger partial charge on any atom is 0.309 e. The third-order valence-corrected chi connectivity index (χ3v) is 10.6. The van der Waals surface area contributed by atoms with Crippen LogP contribution in [-0.4, -0.2) is 49.5 Å². The molecule has 4 rings (SSSR count). The van der Waals surface area contributed by atoms with E-state index in [-0.39, 0.29) is 6.04 Å². The Labute approximate surface area is 205 Å². The number of hydrogen-bond donors (Lipinski definition) is 1. The van der Waals surface area contributed by atoms with Crippen molar-refractivity contribution in [2.45, 2.75) is 108 Å². The van der Waals surface area contributed by atoms with E-state index in [1.165, 1.54) is 38.5 Å². The summed E-state index contributed by atoms with van der Waals surface area (Å²) in [5, 5.41) is 9.49. The van der Waals surface area contributed by atoms with E-state index in [0.29, 0.717) is 29.7 Å². The van der Waals surface area contributed by atoms with Crippen molar-refractivity contribution < 1.29 is 18.3 Å². The molecule has 34 heavy (non-hydrogen) atoms. The molecule has 3 aliphatic rings. The minimum absolute atomic E-state index is 0.00554. The lowest BCUT2D eigenvalue weighted by molar-refractivity contribution is -0.147. The van der Waals surface area contributed by atoms with Crippen LogP contribution in [0.5, 0.6) is 0 Å². The fraction of sp³-hybridized carbons (Fsp3) is 0.741. The smallest absolute Gasteiger partial charge is 0.309 e. The molecule has 0 unspecified atom stereocenters. The maximum atomic E-state index is 14.0. The van der Waals surface area contributed by atoms with Crippen molar-refractivity contribution in [2.75, 3.05) is 18.5 Å². The second-order valence-electron chi connectivity index (χ2n) is 11.4. The van der Waals surface area contributed by atoms with Gasteiger partial charge in [-0.25, -0.2) is 8.42 Å². The van der Waals surface area contributed by atoms with Gasteiger partial charge in [-0.1, -0.05) is 44.6 Å². The molecular weight excluding hydrogens is 448 g/mol. The molecule has 2 aliphatic carbocycles. The van der Waals surface area contributed by atoms with Gasteiger partial charge < -0.3 is 10.0 Å². The number of fused-ring (bicyclic) bond motifs is 1. The van der Waals surface area contributed by atoms with Gasteiger partial charge >= 0.3 is 5.97 Å². The Hall–Kier alpha value is -1.60. The lowest BCUT2D eigenvalue weighted by Crippen LogP contribution is -2.49. The molecule has 2 saturated carbocycles. The van der Waals surface area contributed by atoms with E-state index in [1.807, 2.05) is 18.2 Å². The Morgan fingerprint density at radius 1 is 1.03 bits per heavy atom. The molecule has 0 bridgehead atoms. The average molecular weight is 491 g/mol. The van der Waals surface area contributed by atoms with Gasteiger partial charge in [0.05, 0.1) is 11.1 Å². The Bertz CT molecular complexity index is 978. The van der Waals surface area contributed by atoms with E-state index in [9.17, 15) is 18.3 Å². The van der Waals surface area contributed by atoms with Crippen LogP contribution in [0, 0.1) is 11.3 Å². The summed E-state index contributed by atoms with van der Waals surface area (Å²) in [6.45, 7) is 4.22. The van der Waals surface area contributed by atoms with Gasteiger partial charge in [-0.2, -0.15) is 4.31 Å². The molecule has 1 N–H and O–H groups in total. The van der Waals surface area contributed by atoms with Crippen molar-refractivity contribution >= 4 is 21.7 Å². The van der Waals surface area contributed by atoms with Crippen molar-refractivity contribution in [3.8, 4) is 0 Å². The number of carboxylic acid groups (broad SMARTS) is 1. The van der Waals surface area contributed by atoms with Crippen LogP contribution >= 0.6 is 0 Å². The van der Waals surface area contributed by atoms with E-state index in [2.05, 4.69) is 4.90 Å². The van der Waals surface area contributed by atoms with E-state index in [0.717, 1.165) is 43.5 Å². The third kappa shape index (κ3) is 5.15. The summed E-state index contributed by atoms with van der Waals surface area (Å²) in [4.78, 5) is 14.4. The van der Waals surface area contributed by atoms with Crippen molar-refractivity contribution in [1.29, 1.82) is 0 Å². The number of sulfonamides is 1. The number of hydrogen-bond acceptors (Lipinski definition) is 4. The number of anilines is 1. The first kappa shape index (κ1) is 25.5. The maximum absolute atomic E-state index is 14.0. The molecule has 0 amide bonds. The highest BCUT2D eigenvalue weighted by Gasteiger charge is 2.42. The quantitative estimate of drug-likeness (QED) is 0.573. The largest absolute Gasteiger partial charge is 0.481 e. The SMILES string of the molecule is CN1[C@H](C2CCCCC2)CN(C2CCCCC2)c2ccc(CCC(C)(C)C(=O)O)cc2S1(=O)=O. The molecule has 0 radical (unpaired) electrons. The summed E-state index contributed by atoms with van der Waals surface area (Å²) >= 11 is 0. The summed E-state index contributed by atoms with van der Waals surface area (Å²) < 4.78 is 29.6. The van der Waals surface area contributed by atoms with Crippen LogP contribution in [0.25, 0.3) is 0 Å². The number of carboxylic acids is 1. The fourth-order valence-corrected chi connectivity index (χ4v) is 7.83. The van der Waals surface area contributed by atoms with Gasteiger partial charge in [0.2, 0.25) is 10.0 Å². The molecule has 1 atom stereocenters. The fourth-order valence-electron chi connectivity index (χ4n) is 6.17. The van der Waals surface area contributed by atoms with Crippen LogP contribution in [0.4, 0.5) is 5.69 Å². The molecule has 0 saturated heterocycles. The van der Waals surface area contributed by atoms with E-state index in [4.69, 9.17) is 0 Å². The number of aliphatic carboxylic acids is 1. The van der Waals surface area contributed by atoms with Crippen LogP contribution < -0.4 is 4.90 Å². The zero-order chi connectivity index (χ0) is 24.5. The van der Waals surface area contributed by atoms with Gasteiger partial charge in [0.1, 0.15) is 4.90 Å². The molecule has 1 aromatic carbocycles. The van der Waals surface area contributed by atoms with Crippen LogP contribution in [0.15, 0.2) is 23.1 Å². The Morgan fingerprint density at radius 3 is 2.26 bits per heavy atom. The molecule has 190 valence electrons. The second-order valence-corrected chi connectivity index (χ2v) is 13.4. The molecule has 7 heteroatoms. The average Bonchev–Trinajstić information content (AvgIpc) is 2.92. The van der Waals surface area contributed by atoms with Gasteiger partial charge in [0, 0.05) is 25.7 Å². The summed E-state index contributed by atoms with van der Waals surface area (Å²) in [6, 6.07) is 6.23. The van der Waals surface area contributed by atoms with Gasteiger partial charge in [-0.15, -0.1) is 0 Å². The van der Waals surface area contributed by atoms with Gasteiger partial charge in [0.15, 0.2) is 0 Å². The summed E-state index contributed by atoms with van der Waals surface area (Å²) in [5.74, 6) is -0.418. The first-order chi connectivity index (χ1) is 16.1. The Kier molecular flexibility index (Phi) is 7.63. The molecule has 1 heterocycles. The first-order valence-electron chi connectivity index (χ1n) is 13.2. The summed E-state index contributed by atoms with van der Waals surface area (Å²) in [7, 11) is -1.86. The first-order valence-corrected chi connectivity index (χ1v) is 14.7. The van der Waals surface area contributed by atoms with Crippen molar-refractivity contribution in [1.82, 2.24) is 4.31 Å². The molecule has 0 spiro atoms. The standard InChI is InChI=1S/C27H42N2O4S/c1-27(2,26(30)31)17-16-20-14-15-23-25(18-20)34(32,33)28(3)24(21-10-6-4-7-11-21)19-29(23)22-12-8-5-9-13-22/h14-15,18,21-22,24H,4-13,16-17,19H2,1-3H3,(H,30,31)/t24-/m0/s1. The minimum Gasteiger partial charge on any atom is -0.481 e. The molecule has 1 aromatic rings. The number of rotatable bonds is 6.